The second-order valence-corrected chi connectivity index (χ2v) is 4.94. The van der Waals surface area contributed by atoms with Gasteiger partial charge in [-0.25, -0.2) is 0 Å². The maximum atomic E-state index is 5.68. The highest BCUT2D eigenvalue weighted by molar-refractivity contribution is 9.10. The molecule has 3 rings (SSSR count). The molecule has 1 aromatic carbocycles. The molecule has 0 bridgehead atoms. The Labute approximate surface area is 118 Å². The Balaban J connectivity index is 2.04. The van der Waals surface area contributed by atoms with E-state index in [0.717, 1.165) is 15.7 Å². The predicted molar refractivity (Wildman–Crippen MR) is 74.4 cm³/mol. The average molecular weight is 319 g/mol. The van der Waals surface area contributed by atoms with Gasteiger partial charge in [0.25, 0.3) is 5.89 Å². The summed E-state index contributed by atoms with van der Waals surface area (Å²) in [4.78, 5) is 0. The van der Waals surface area contributed by atoms with Crippen LogP contribution in [0.5, 0.6) is 0 Å². The van der Waals surface area contributed by atoms with E-state index >= 15 is 0 Å². The topological polar surface area (TPSA) is 56.7 Å². The fraction of sp³-hybridized carbons (Fsp3) is 0.154. The summed E-state index contributed by atoms with van der Waals surface area (Å²) < 4.78 is 8.32. The number of halogens is 1. The van der Waals surface area contributed by atoms with Crippen LogP contribution in [0, 0.1) is 6.92 Å². The molecule has 0 saturated heterocycles. The molecule has 0 radical (unpaired) electrons. The van der Waals surface area contributed by atoms with Gasteiger partial charge in [0.15, 0.2) is 5.69 Å². The summed E-state index contributed by atoms with van der Waals surface area (Å²) in [6.45, 7) is 1.97. The Kier molecular flexibility index (Phi) is 2.94. The molecule has 2 heterocycles. The lowest BCUT2D eigenvalue weighted by Crippen LogP contribution is -1.92. The molecule has 6 heteroatoms. The zero-order valence-electron chi connectivity index (χ0n) is 10.5. The fourth-order valence-corrected chi connectivity index (χ4v) is 2.24. The van der Waals surface area contributed by atoms with Gasteiger partial charge in [-0.3, -0.25) is 4.68 Å². The molecule has 3 aromatic rings. The van der Waals surface area contributed by atoms with E-state index < -0.39 is 0 Å². The van der Waals surface area contributed by atoms with Crippen LogP contribution in [0.2, 0.25) is 0 Å². The van der Waals surface area contributed by atoms with Gasteiger partial charge in [-0.15, -0.1) is 10.2 Å². The quantitative estimate of drug-likeness (QED) is 0.728. The first-order valence-corrected chi connectivity index (χ1v) is 6.54. The number of hydrogen-bond donors (Lipinski definition) is 0. The number of rotatable bonds is 2. The minimum Gasteiger partial charge on any atom is -0.414 e. The van der Waals surface area contributed by atoms with Gasteiger partial charge in [0.2, 0.25) is 5.89 Å². The Bertz CT molecular complexity index is 718. The largest absolute Gasteiger partial charge is 0.414 e. The molecule has 0 amide bonds. The minimum atomic E-state index is 0.412. The van der Waals surface area contributed by atoms with Crippen molar-refractivity contribution in [2.75, 3.05) is 0 Å². The number of aryl methyl sites for hydroxylation is 1. The molecule has 5 nitrogen and oxygen atoms in total. The highest BCUT2D eigenvalue weighted by Gasteiger charge is 2.18. The van der Waals surface area contributed by atoms with Crippen LogP contribution in [-0.2, 0) is 7.05 Å². The van der Waals surface area contributed by atoms with Crippen LogP contribution in [0.15, 0.2) is 39.2 Å². The van der Waals surface area contributed by atoms with Crippen LogP contribution in [0.4, 0.5) is 0 Å². The molecule has 2 aromatic heterocycles. The molecule has 0 fully saturated rings. The smallest absolute Gasteiger partial charge is 0.269 e. The molecule has 19 heavy (non-hydrogen) atoms. The van der Waals surface area contributed by atoms with Gasteiger partial charge in [-0.05, 0) is 35.0 Å². The number of benzene rings is 1. The average Bonchev–Trinajstić information content (AvgIpc) is 3.01. The monoisotopic (exact) mass is 318 g/mol. The lowest BCUT2D eigenvalue weighted by Gasteiger charge is -1.92. The van der Waals surface area contributed by atoms with Gasteiger partial charge in [0.1, 0.15) is 0 Å². The van der Waals surface area contributed by atoms with Crippen molar-refractivity contribution in [3.8, 4) is 23.0 Å². The lowest BCUT2D eigenvalue weighted by molar-refractivity contribution is 0.579. The second-order valence-electron chi connectivity index (χ2n) is 4.15. The zero-order chi connectivity index (χ0) is 13.4. The number of aromatic nitrogens is 4. The van der Waals surface area contributed by atoms with Crippen LogP contribution in [-0.4, -0.2) is 20.0 Å². The first kappa shape index (κ1) is 12.1. The zero-order valence-corrected chi connectivity index (χ0v) is 12.0. The molecule has 0 spiro atoms. The third-order valence-electron chi connectivity index (χ3n) is 2.91. The van der Waals surface area contributed by atoms with Crippen molar-refractivity contribution >= 4 is 15.9 Å². The maximum absolute atomic E-state index is 5.68. The highest BCUT2D eigenvalue weighted by Crippen LogP contribution is 2.30. The van der Waals surface area contributed by atoms with Gasteiger partial charge < -0.3 is 4.42 Å². The maximum Gasteiger partial charge on any atom is 0.269 e. The summed E-state index contributed by atoms with van der Waals surface area (Å²) >= 11 is 3.49. The van der Waals surface area contributed by atoms with E-state index in [1.54, 1.807) is 4.68 Å². The molecular formula is C13H11BrN4O. The van der Waals surface area contributed by atoms with Crippen LogP contribution in [0.25, 0.3) is 23.0 Å². The predicted octanol–water partition coefficient (Wildman–Crippen LogP) is 3.21. The van der Waals surface area contributed by atoms with E-state index in [-0.39, 0.29) is 0 Å². The number of nitrogens with zero attached hydrogens (tertiary/aromatic N) is 4. The molecule has 0 unspecified atom stereocenters. The van der Waals surface area contributed by atoms with Gasteiger partial charge in [-0.2, -0.15) is 5.10 Å². The third-order valence-corrected chi connectivity index (χ3v) is 3.86. The highest BCUT2D eigenvalue weighted by atomic mass is 79.9. The van der Waals surface area contributed by atoms with Crippen molar-refractivity contribution < 1.29 is 4.42 Å². The van der Waals surface area contributed by atoms with Crippen molar-refractivity contribution in [3.63, 3.8) is 0 Å². The van der Waals surface area contributed by atoms with Crippen LogP contribution < -0.4 is 0 Å². The lowest BCUT2D eigenvalue weighted by atomic mass is 10.2. The van der Waals surface area contributed by atoms with E-state index in [9.17, 15) is 0 Å². The van der Waals surface area contributed by atoms with E-state index in [0.29, 0.717) is 17.5 Å². The van der Waals surface area contributed by atoms with E-state index in [1.165, 1.54) is 0 Å². The van der Waals surface area contributed by atoms with Gasteiger partial charge in [0, 0.05) is 12.6 Å². The molecule has 0 saturated carbocycles. The van der Waals surface area contributed by atoms with Gasteiger partial charge in [0.05, 0.1) is 10.2 Å². The summed E-state index contributed by atoms with van der Waals surface area (Å²) in [7, 11) is 1.87. The Morgan fingerprint density at radius 2 is 1.79 bits per heavy atom. The molecule has 0 aliphatic heterocycles. The van der Waals surface area contributed by atoms with Crippen molar-refractivity contribution in [1.82, 2.24) is 20.0 Å². The van der Waals surface area contributed by atoms with E-state index in [1.807, 2.05) is 44.3 Å². The van der Waals surface area contributed by atoms with Crippen molar-refractivity contribution in [1.29, 1.82) is 0 Å². The Morgan fingerprint density at radius 1 is 1.11 bits per heavy atom. The minimum absolute atomic E-state index is 0.412. The van der Waals surface area contributed by atoms with Gasteiger partial charge >= 0.3 is 0 Å². The fourth-order valence-electron chi connectivity index (χ4n) is 1.74. The summed E-state index contributed by atoms with van der Waals surface area (Å²) in [6.07, 6.45) is 0. The van der Waals surface area contributed by atoms with Gasteiger partial charge in [-0.1, -0.05) is 18.2 Å². The SMILES string of the molecule is Cc1c(Br)c(-c2nnc(-c3ccccc3)o2)nn1C. The van der Waals surface area contributed by atoms with Crippen molar-refractivity contribution in [2.45, 2.75) is 6.92 Å². The van der Waals surface area contributed by atoms with Crippen molar-refractivity contribution in [3.05, 3.63) is 40.5 Å². The normalized spacial score (nSPS) is 10.9. The first-order chi connectivity index (χ1) is 9.16. The molecule has 0 aliphatic carbocycles. The van der Waals surface area contributed by atoms with Crippen LogP contribution in [0.1, 0.15) is 5.69 Å². The first-order valence-electron chi connectivity index (χ1n) is 5.75. The molecule has 96 valence electrons. The third kappa shape index (κ3) is 2.08. The molecular weight excluding hydrogens is 308 g/mol. The molecule has 0 aliphatic rings. The van der Waals surface area contributed by atoms with Crippen LogP contribution in [0.3, 0.4) is 0 Å². The van der Waals surface area contributed by atoms with Crippen molar-refractivity contribution in [2.24, 2.45) is 7.05 Å². The molecule has 0 N–H and O–H groups in total. The second kappa shape index (κ2) is 4.62. The Hall–Kier alpha value is -1.95. The van der Waals surface area contributed by atoms with Crippen LogP contribution >= 0.6 is 15.9 Å². The summed E-state index contributed by atoms with van der Waals surface area (Å²) in [5.41, 5.74) is 2.56. The standard InChI is InChI=1S/C13H11BrN4O/c1-8-10(14)11(17-18(8)2)13-16-15-12(19-13)9-6-4-3-5-7-9/h3-7H,1-2H3. The summed E-state index contributed by atoms with van der Waals surface area (Å²) in [5.74, 6) is 0.903. The molecule has 0 atom stereocenters. The summed E-state index contributed by atoms with van der Waals surface area (Å²) in [5, 5.41) is 12.5. The number of hydrogen-bond acceptors (Lipinski definition) is 4. The van der Waals surface area contributed by atoms with E-state index in [4.69, 9.17) is 4.42 Å². The van der Waals surface area contributed by atoms with E-state index in [2.05, 4.69) is 31.2 Å². The Morgan fingerprint density at radius 3 is 2.42 bits per heavy atom. The summed E-state index contributed by atoms with van der Waals surface area (Å²) in [6, 6.07) is 9.66.